The van der Waals surface area contributed by atoms with Gasteiger partial charge in [0.05, 0.1) is 21.8 Å². The first kappa shape index (κ1) is 19.2. The van der Waals surface area contributed by atoms with Gasteiger partial charge in [-0.2, -0.15) is 0 Å². The average Bonchev–Trinajstić information content (AvgIpc) is 2.67. The Labute approximate surface area is 163 Å². The molecule has 1 amide bonds. The van der Waals surface area contributed by atoms with Gasteiger partial charge >= 0.3 is 0 Å². The van der Waals surface area contributed by atoms with E-state index in [1.165, 1.54) is 17.3 Å². The summed E-state index contributed by atoms with van der Waals surface area (Å²) in [6.07, 6.45) is 0.932. The minimum Gasteiger partial charge on any atom is -0.348 e. The van der Waals surface area contributed by atoms with E-state index in [0.29, 0.717) is 16.1 Å². The molecule has 6 heteroatoms. The van der Waals surface area contributed by atoms with Crippen molar-refractivity contribution in [3.63, 3.8) is 0 Å². The van der Waals surface area contributed by atoms with Crippen molar-refractivity contribution < 1.29 is 4.79 Å². The van der Waals surface area contributed by atoms with Crippen LogP contribution in [0, 0.1) is 0 Å². The molecule has 0 saturated heterocycles. The number of carbonyl (C=O) groups is 1. The van der Waals surface area contributed by atoms with Crippen LogP contribution in [0.4, 0.5) is 0 Å². The smallest absolute Gasteiger partial charge is 0.266 e. The van der Waals surface area contributed by atoms with Crippen LogP contribution in [-0.4, -0.2) is 39.7 Å². The molecule has 5 nitrogen and oxygen atoms in total. The number of aromatic nitrogens is 2. The summed E-state index contributed by atoms with van der Waals surface area (Å²) < 4.78 is 1.60. The third-order valence-corrected chi connectivity index (χ3v) is 5.46. The van der Waals surface area contributed by atoms with E-state index in [4.69, 9.17) is 4.98 Å². The summed E-state index contributed by atoms with van der Waals surface area (Å²) in [5, 5.41) is 0.730. The summed E-state index contributed by atoms with van der Waals surface area (Å²) in [5.74, 6) is -0.0183. The summed E-state index contributed by atoms with van der Waals surface area (Å²) in [7, 11) is 3.45. The first-order valence-electron chi connectivity index (χ1n) is 8.91. The molecule has 0 aliphatic heterocycles. The van der Waals surface area contributed by atoms with E-state index < -0.39 is 0 Å². The topological polar surface area (TPSA) is 55.2 Å². The van der Waals surface area contributed by atoms with Crippen LogP contribution in [-0.2, 0) is 11.2 Å². The number of carbonyl (C=O) groups excluding carboxylic acids is 1. The van der Waals surface area contributed by atoms with E-state index in [0.717, 1.165) is 12.1 Å². The number of hydrogen-bond donors (Lipinski definition) is 0. The lowest BCUT2D eigenvalue weighted by Gasteiger charge is -2.19. The van der Waals surface area contributed by atoms with E-state index >= 15 is 0 Å². The van der Waals surface area contributed by atoms with Gasteiger partial charge < -0.3 is 4.90 Å². The predicted molar refractivity (Wildman–Crippen MR) is 111 cm³/mol. The van der Waals surface area contributed by atoms with E-state index in [-0.39, 0.29) is 16.7 Å². The van der Waals surface area contributed by atoms with Crippen molar-refractivity contribution in [1.29, 1.82) is 0 Å². The lowest BCUT2D eigenvalue weighted by atomic mass is 10.1. The van der Waals surface area contributed by atoms with Crippen LogP contribution in [0.1, 0.15) is 19.4 Å². The molecule has 0 saturated carbocycles. The molecule has 3 aromatic rings. The summed E-state index contributed by atoms with van der Waals surface area (Å²) in [4.78, 5) is 31.8. The second-order valence-corrected chi connectivity index (χ2v) is 7.87. The van der Waals surface area contributed by atoms with Gasteiger partial charge in [-0.15, -0.1) is 0 Å². The molecule has 0 radical (unpaired) electrons. The summed E-state index contributed by atoms with van der Waals surface area (Å²) >= 11 is 1.30. The molecular weight excluding hydrogens is 358 g/mol. The Morgan fingerprint density at radius 2 is 1.81 bits per heavy atom. The monoisotopic (exact) mass is 381 g/mol. The van der Waals surface area contributed by atoms with Crippen molar-refractivity contribution >= 4 is 28.6 Å². The first-order valence-corrected chi connectivity index (χ1v) is 9.79. The highest BCUT2D eigenvalue weighted by Gasteiger charge is 2.21. The summed E-state index contributed by atoms with van der Waals surface area (Å²) in [5.41, 5.74) is 2.46. The van der Waals surface area contributed by atoms with Crippen molar-refractivity contribution in [3.8, 4) is 5.69 Å². The molecule has 0 aliphatic carbocycles. The number of para-hydroxylation sites is 1. The highest BCUT2D eigenvalue weighted by molar-refractivity contribution is 8.00. The highest BCUT2D eigenvalue weighted by atomic mass is 32.2. The molecule has 0 spiro atoms. The van der Waals surface area contributed by atoms with Gasteiger partial charge in [0.15, 0.2) is 5.16 Å². The first-order chi connectivity index (χ1) is 12.9. The van der Waals surface area contributed by atoms with Gasteiger partial charge in [-0.25, -0.2) is 4.98 Å². The molecular formula is C21H23N3O2S. The maximum Gasteiger partial charge on any atom is 0.266 e. The van der Waals surface area contributed by atoms with Crippen LogP contribution in [0.2, 0.25) is 0 Å². The Balaban J connectivity index is 2.17. The molecule has 1 heterocycles. The number of aryl methyl sites for hydroxylation is 1. The van der Waals surface area contributed by atoms with Crippen LogP contribution in [0.25, 0.3) is 16.6 Å². The summed E-state index contributed by atoms with van der Waals surface area (Å²) in [6.45, 7) is 3.92. The molecule has 3 rings (SSSR count). The molecule has 0 N–H and O–H groups in total. The normalized spacial score (nSPS) is 12.1. The second-order valence-electron chi connectivity index (χ2n) is 6.56. The number of amides is 1. The fourth-order valence-corrected chi connectivity index (χ4v) is 3.94. The Kier molecular flexibility index (Phi) is 5.65. The van der Waals surface area contributed by atoms with Crippen molar-refractivity contribution in [3.05, 3.63) is 64.4 Å². The second kappa shape index (κ2) is 7.96. The van der Waals surface area contributed by atoms with Crippen molar-refractivity contribution in [2.24, 2.45) is 0 Å². The fourth-order valence-electron chi connectivity index (χ4n) is 2.87. The lowest BCUT2D eigenvalue weighted by Crippen LogP contribution is -2.31. The van der Waals surface area contributed by atoms with Gasteiger partial charge in [-0.1, -0.05) is 43.0 Å². The molecule has 0 aliphatic rings. The summed E-state index contributed by atoms with van der Waals surface area (Å²) in [6, 6.07) is 15.2. The van der Waals surface area contributed by atoms with Gasteiger partial charge in [0.2, 0.25) is 5.91 Å². The molecule has 140 valence electrons. The van der Waals surface area contributed by atoms with Crippen LogP contribution >= 0.6 is 11.8 Å². The average molecular weight is 382 g/mol. The Bertz CT molecular complexity index is 1030. The third-order valence-electron chi connectivity index (χ3n) is 4.42. The van der Waals surface area contributed by atoms with Crippen LogP contribution in [0.5, 0.6) is 0 Å². The molecule has 27 heavy (non-hydrogen) atoms. The third kappa shape index (κ3) is 3.90. The number of rotatable bonds is 5. The van der Waals surface area contributed by atoms with Crippen molar-refractivity contribution in [2.45, 2.75) is 30.7 Å². The predicted octanol–water partition coefficient (Wildman–Crippen LogP) is 3.52. The van der Waals surface area contributed by atoms with Gasteiger partial charge in [-0.3, -0.25) is 14.2 Å². The Morgan fingerprint density at radius 3 is 2.44 bits per heavy atom. The molecule has 0 fully saturated rings. The van der Waals surface area contributed by atoms with E-state index in [9.17, 15) is 9.59 Å². The number of thioether (sulfide) groups is 1. The minimum absolute atomic E-state index is 0.0183. The van der Waals surface area contributed by atoms with Gasteiger partial charge in [-0.05, 0) is 43.2 Å². The number of hydrogen-bond acceptors (Lipinski definition) is 4. The molecule has 2 aromatic carbocycles. The standard InChI is InChI=1S/C21H23N3O2S/c1-5-15-10-12-16(13-11-15)24-20(26)17-8-6-7-9-18(17)22-21(24)27-14(2)19(25)23(3)4/h6-14H,5H2,1-4H3/t14-/m1/s1. The zero-order valence-electron chi connectivity index (χ0n) is 16.0. The largest absolute Gasteiger partial charge is 0.348 e. The number of fused-ring (bicyclic) bond motifs is 1. The molecule has 1 atom stereocenters. The highest BCUT2D eigenvalue weighted by Crippen LogP contribution is 2.26. The van der Waals surface area contributed by atoms with E-state index in [1.54, 1.807) is 29.6 Å². The lowest BCUT2D eigenvalue weighted by molar-refractivity contribution is -0.127. The van der Waals surface area contributed by atoms with Crippen LogP contribution < -0.4 is 5.56 Å². The zero-order chi connectivity index (χ0) is 19.6. The Hall–Kier alpha value is -2.60. The maximum absolute atomic E-state index is 13.2. The maximum atomic E-state index is 13.2. The van der Waals surface area contributed by atoms with Gasteiger partial charge in [0, 0.05) is 14.1 Å². The Morgan fingerprint density at radius 1 is 1.15 bits per heavy atom. The molecule has 0 bridgehead atoms. The van der Waals surface area contributed by atoms with Crippen LogP contribution in [0.15, 0.2) is 58.5 Å². The molecule has 1 aromatic heterocycles. The van der Waals surface area contributed by atoms with Crippen LogP contribution in [0.3, 0.4) is 0 Å². The van der Waals surface area contributed by atoms with Crippen molar-refractivity contribution in [1.82, 2.24) is 14.5 Å². The quantitative estimate of drug-likeness (QED) is 0.501. The van der Waals surface area contributed by atoms with Gasteiger partial charge in [0.25, 0.3) is 5.56 Å². The fraction of sp³-hybridized carbons (Fsp3) is 0.286. The van der Waals surface area contributed by atoms with Crippen molar-refractivity contribution in [2.75, 3.05) is 14.1 Å². The SMILES string of the molecule is CCc1ccc(-n2c(S[C@H](C)C(=O)N(C)C)nc3ccccc3c2=O)cc1. The minimum atomic E-state index is -0.353. The molecule has 0 unspecified atom stereocenters. The van der Waals surface area contributed by atoms with Gasteiger partial charge in [0.1, 0.15) is 0 Å². The number of nitrogens with zero attached hydrogens (tertiary/aromatic N) is 3. The number of benzene rings is 2. The van der Waals surface area contributed by atoms with E-state index in [2.05, 4.69) is 6.92 Å². The zero-order valence-corrected chi connectivity index (χ0v) is 16.8. The van der Waals surface area contributed by atoms with E-state index in [1.807, 2.05) is 49.4 Å².